The highest BCUT2D eigenvalue weighted by atomic mass is 32.2. The minimum Gasteiger partial charge on any atom is -0.252 e. The Morgan fingerprint density at radius 3 is 2.65 bits per heavy atom. The van der Waals surface area contributed by atoms with E-state index in [4.69, 9.17) is 0 Å². The van der Waals surface area contributed by atoms with Gasteiger partial charge < -0.3 is 0 Å². The molecule has 0 unspecified atom stereocenters. The van der Waals surface area contributed by atoms with Gasteiger partial charge in [0.25, 0.3) is 0 Å². The predicted octanol–water partition coefficient (Wildman–Crippen LogP) is 4.33. The number of hydrogen-bond acceptors (Lipinski definition) is 4. The van der Waals surface area contributed by atoms with Crippen LogP contribution in [0.25, 0.3) is 10.2 Å². The van der Waals surface area contributed by atoms with Gasteiger partial charge in [0.15, 0.2) is 4.34 Å². The van der Waals surface area contributed by atoms with E-state index in [0.29, 0.717) is 5.92 Å². The lowest BCUT2D eigenvalue weighted by Crippen LogP contribution is -2.39. The Hall–Kier alpha value is -0.580. The Bertz CT molecular complexity index is 470. The van der Waals surface area contributed by atoms with Crippen molar-refractivity contribution in [1.29, 1.82) is 0 Å². The zero-order valence-electron chi connectivity index (χ0n) is 10.7. The zero-order chi connectivity index (χ0) is 12.5. The van der Waals surface area contributed by atoms with E-state index in [-0.39, 0.29) is 5.54 Å². The minimum atomic E-state index is 0.114. The maximum atomic E-state index is 4.59. The molecular weight excluding hydrogens is 248 g/mol. The second-order valence-corrected chi connectivity index (χ2v) is 7.11. The first-order valence-electron chi connectivity index (χ1n) is 5.78. The number of thiazole rings is 1. The standard InChI is InChI=1S/C13H18N2S2/c1-9(2)13(3,4)15-17-12-14-10-7-5-6-8-11(10)16-12/h5-9,15H,1-4H3. The van der Waals surface area contributed by atoms with Gasteiger partial charge in [-0.2, -0.15) is 0 Å². The molecule has 0 aliphatic rings. The molecule has 0 saturated heterocycles. The SMILES string of the molecule is CC(C)C(C)(C)NSc1nc2ccccc2s1. The molecule has 92 valence electrons. The molecule has 1 N–H and O–H groups in total. The third kappa shape index (κ3) is 3.00. The first kappa shape index (κ1) is 12.9. The number of hydrogen-bond donors (Lipinski definition) is 1. The van der Waals surface area contributed by atoms with Crippen LogP contribution in [0.3, 0.4) is 0 Å². The number of benzene rings is 1. The van der Waals surface area contributed by atoms with Crippen molar-refractivity contribution < 1.29 is 0 Å². The molecule has 1 heterocycles. The van der Waals surface area contributed by atoms with Gasteiger partial charge in [-0.1, -0.05) is 26.0 Å². The third-order valence-electron chi connectivity index (χ3n) is 3.12. The van der Waals surface area contributed by atoms with Gasteiger partial charge >= 0.3 is 0 Å². The van der Waals surface area contributed by atoms with Crippen molar-refractivity contribution in [2.24, 2.45) is 5.92 Å². The fourth-order valence-electron chi connectivity index (χ4n) is 1.19. The highest BCUT2D eigenvalue weighted by Crippen LogP contribution is 2.30. The van der Waals surface area contributed by atoms with E-state index >= 15 is 0 Å². The van der Waals surface area contributed by atoms with E-state index in [9.17, 15) is 0 Å². The van der Waals surface area contributed by atoms with Gasteiger partial charge in [-0.05, 0) is 43.8 Å². The van der Waals surface area contributed by atoms with E-state index in [1.54, 1.807) is 23.3 Å². The molecule has 0 spiro atoms. The normalized spacial score (nSPS) is 12.5. The van der Waals surface area contributed by atoms with Gasteiger partial charge in [0, 0.05) is 5.54 Å². The number of rotatable bonds is 4. The van der Waals surface area contributed by atoms with Crippen molar-refractivity contribution in [2.45, 2.75) is 37.6 Å². The van der Waals surface area contributed by atoms with Crippen molar-refractivity contribution in [3.63, 3.8) is 0 Å². The molecule has 0 fully saturated rings. The Morgan fingerprint density at radius 2 is 2.00 bits per heavy atom. The molecule has 2 aromatic rings. The summed E-state index contributed by atoms with van der Waals surface area (Å²) in [5, 5.41) is 0. The monoisotopic (exact) mass is 266 g/mol. The van der Waals surface area contributed by atoms with Crippen LogP contribution in [0.2, 0.25) is 0 Å². The first-order chi connectivity index (χ1) is 7.99. The van der Waals surface area contributed by atoms with E-state index < -0.39 is 0 Å². The summed E-state index contributed by atoms with van der Waals surface area (Å²) in [6, 6.07) is 8.26. The average molecular weight is 266 g/mol. The van der Waals surface area contributed by atoms with Crippen LogP contribution in [0, 0.1) is 5.92 Å². The summed E-state index contributed by atoms with van der Waals surface area (Å²) < 4.78 is 5.83. The van der Waals surface area contributed by atoms with Gasteiger partial charge in [0.1, 0.15) is 0 Å². The largest absolute Gasteiger partial charge is 0.252 e. The maximum absolute atomic E-state index is 4.59. The predicted molar refractivity (Wildman–Crippen MR) is 77.5 cm³/mol. The number of nitrogens with one attached hydrogen (secondary N) is 1. The van der Waals surface area contributed by atoms with E-state index in [2.05, 4.69) is 55.6 Å². The van der Waals surface area contributed by atoms with E-state index in [1.165, 1.54) is 4.70 Å². The number of para-hydroxylation sites is 1. The highest BCUT2D eigenvalue weighted by Gasteiger charge is 2.22. The van der Waals surface area contributed by atoms with Gasteiger partial charge in [0.05, 0.1) is 10.2 Å². The molecule has 4 heteroatoms. The second-order valence-electron chi connectivity index (χ2n) is 5.03. The molecular formula is C13H18N2S2. The Morgan fingerprint density at radius 1 is 1.29 bits per heavy atom. The quantitative estimate of drug-likeness (QED) is 0.834. The third-order valence-corrected chi connectivity index (χ3v) is 5.34. The zero-order valence-corrected chi connectivity index (χ0v) is 12.3. The molecule has 0 amide bonds. The number of fused-ring (bicyclic) bond motifs is 1. The summed E-state index contributed by atoms with van der Waals surface area (Å²) in [5.41, 5.74) is 1.20. The second kappa shape index (κ2) is 4.96. The van der Waals surface area contributed by atoms with Crippen LogP contribution in [-0.2, 0) is 0 Å². The van der Waals surface area contributed by atoms with Gasteiger partial charge in [-0.15, -0.1) is 11.3 Å². The lowest BCUT2D eigenvalue weighted by atomic mass is 9.92. The molecule has 1 aromatic heterocycles. The summed E-state index contributed by atoms with van der Waals surface area (Å²) >= 11 is 3.38. The summed E-state index contributed by atoms with van der Waals surface area (Å²) in [6.45, 7) is 8.90. The van der Waals surface area contributed by atoms with Gasteiger partial charge in [0.2, 0.25) is 0 Å². The Labute approximate surface area is 111 Å². The summed E-state index contributed by atoms with van der Waals surface area (Å²) in [6.07, 6.45) is 0. The minimum absolute atomic E-state index is 0.114. The molecule has 0 radical (unpaired) electrons. The molecule has 0 aliphatic heterocycles. The van der Waals surface area contributed by atoms with Crippen molar-refractivity contribution in [3.05, 3.63) is 24.3 Å². The number of aromatic nitrogens is 1. The van der Waals surface area contributed by atoms with Crippen LogP contribution in [-0.4, -0.2) is 10.5 Å². The smallest absolute Gasteiger partial charge is 0.166 e. The molecule has 17 heavy (non-hydrogen) atoms. The molecule has 0 bridgehead atoms. The molecule has 0 aliphatic carbocycles. The Kier molecular flexibility index (Phi) is 3.76. The first-order valence-corrected chi connectivity index (χ1v) is 7.42. The molecule has 1 aromatic carbocycles. The van der Waals surface area contributed by atoms with Gasteiger partial charge in [-0.3, -0.25) is 4.72 Å². The maximum Gasteiger partial charge on any atom is 0.166 e. The number of nitrogens with zero attached hydrogens (tertiary/aromatic N) is 1. The van der Waals surface area contributed by atoms with Crippen molar-refractivity contribution >= 4 is 33.5 Å². The topological polar surface area (TPSA) is 24.9 Å². The molecule has 2 nitrogen and oxygen atoms in total. The van der Waals surface area contributed by atoms with Crippen LogP contribution in [0.5, 0.6) is 0 Å². The molecule has 0 atom stereocenters. The molecule has 2 rings (SSSR count). The van der Waals surface area contributed by atoms with Crippen LogP contribution in [0.1, 0.15) is 27.7 Å². The summed E-state index contributed by atoms with van der Waals surface area (Å²) in [5.74, 6) is 0.587. The van der Waals surface area contributed by atoms with Crippen molar-refractivity contribution in [1.82, 2.24) is 9.71 Å². The van der Waals surface area contributed by atoms with Crippen LogP contribution >= 0.6 is 23.3 Å². The van der Waals surface area contributed by atoms with Crippen LogP contribution in [0.4, 0.5) is 0 Å². The van der Waals surface area contributed by atoms with E-state index in [1.807, 2.05) is 6.07 Å². The van der Waals surface area contributed by atoms with Crippen molar-refractivity contribution in [3.8, 4) is 0 Å². The average Bonchev–Trinajstić information content (AvgIpc) is 2.69. The van der Waals surface area contributed by atoms with Crippen LogP contribution in [0.15, 0.2) is 28.6 Å². The highest BCUT2D eigenvalue weighted by molar-refractivity contribution is 7.99. The molecule has 0 saturated carbocycles. The lowest BCUT2D eigenvalue weighted by molar-refractivity contribution is 0.347. The summed E-state index contributed by atoms with van der Waals surface area (Å²) in [7, 11) is 0. The van der Waals surface area contributed by atoms with Crippen LogP contribution < -0.4 is 4.72 Å². The fraction of sp³-hybridized carbons (Fsp3) is 0.462. The summed E-state index contributed by atoms with van der Waals surface area (Å²) in [4.78, 5) is 4.59. The van der Waals surface area contributed by atoms with Gasteiger partial charge in [-0.25, -0.2) is 4.98 Å². The Balaban J connectivity index is 2.09. The van der Waals surface area contributed by atoms with E-state index in [0.717, 1.165) is 9.86 Å². The lowest BCUT2D eigenvalue weighted by Gasteiger charge is -2.29. The fourth-order valence-corrected chi connectivity index (χ4v) is 3.18. The van der Waals surface area contributed by atoms with Crippen molar-refractivity contribution in [2.75, 3.05) is 0 Å².